The number of carbonyl (C=O) groups excluding carboxylic acids is 1. The maximum absolute atomic E-state index is 10.4. The smallest absolute Gasteiger partial charge is 0.207 e. The fourth-order valence-corrected chi connectivity index (χ4v) is 4.48. The molecule has 3 atom stereocenters. The standard InChI is InChI=1S/C13H17NO.C11H14N2/c1-13(11-5-3-2-4-6-11)8-7-12(9-13)14-10-15;1-13-10(7-8-11(13)12)9-5-3-2-4-6-9/h2-6,10,12H,7-9H2,1H3,(H,14,15);2-6,10,12H,7-8H2,1H3. The molecule has 0 bridgehead atoms. The van der Waals surface area contributed by atoms with Gasteiger partial charge in [-0.15, -0.1) is 0 Å². The van der Waals surface area contributed by atoms with Gasteiger partial charge >= 0.3 is 0 Å². The number of rotatable bonds is 4. The Balaban J connectivity index is 0.000000162. The summed E-state index contributed by atoms with van der Waals surface area (Å²) in [4.78, 5) is 12.5. The number of likely N-dealkylation sites (tertiary alicyclic amines) is 1. The Morgan fingerprint density at radius 1 is 1.07 bits per heavy atom. The molecular formula is C24H31N3O. The van der Waals surface area contributed by atoms with Crippen LogP contribution in [-0.2, 0) is 10.2 Å². The van der Waals surface area contributed by atoms with Crippen molar-refractivity contribution in [2.75, 3.05) is 7.05 Å². The summed E-state index contributed by atoms with van der Waals surface area (Å²) < 4.78 is 0. The third kappa shape index (κ3) is 4.61. The maximum Gasteiger partial charge on any atom is 0.207 e. The predicted molar refractivity (Wildman–Crippen MR) is 115 cm³/mol. The summed E-state index contributed by atoms with van der Waals surface area (Å²) in [5.74, 6) is 0.758. The number of nitrogens with zero attached hydrogens (tertiary/aromatic N) is 1. The second-order valence-electron chi connectivity index (χ2n) is 8.17. The summed E-state index contributed by atoms with van der Waals surface area (Å²) in [6, 6.07) is 21.8. The normalized spacial score (nSPS) is 26.5. The average molecular weight is 378 g/mol. The largest absolute Gasteiger partial charge is 0.357 e. The van der Waals surface area contributed by atoms with Crippen molar-refractivity contribution in [1.82, 2.24) is 10.2 Å². The summed E-state index contributed by atoms with van der Waals surface area (Å²) in [7, 11) is 2.01. The van der Waals surface area contributed by atoms with Crippen LogP contribution in [-0.4, -0.2) is 30.2 Å². The van der Waals surface area contributed by atoms with Crippen LogP contribution in [0.4, 0.5) is 0 Å². The molecule has 2 aliphatic rings. The molecule has 0 aromatic heterocycles. The average Bonchev–Trinajstić information content (AvgIpc) is 3.27. The van der Waals surface area contributed by atoms with E-state index in [1.807, 2.05) is 19.2 Å². The Hall–Kier alpha value is -2.62. The van der Waals surface area contributed by atoms with Crippen molar-refractivity contribution in [2.45, 2.75) is 56.5 Å². The summed E-state index contributed by atoms with van der Waals surface area (Å²) in [6.07, 6.45) is 6.11. The molecule has 2 N–H and O–H groups in total. The maximum atomic E-state index is 10.4. The van der Waals surface area contributed by atoms with Crippen molar-refractivity contribution >= 4 is 12.2 Å². The Bertz CT molecular complexity index is 777. The molecule has 3 unspecified atom stereocenters. The van der Waals surface area contributed by atoms with Crippen LogP contribution in [0.15, 0.2) is 60.7 Å². The highest BCUT2D eigenvalue weighted by Crippen LogP contribution is 2.40. The molecule has 1 saturated carbocycles. The first-order valence-electron chi connectivity index (χ1n) is 10.1. The van der Waals surface area contributed by atoms with Crippen LogP contribution in [0.25, 0.3) is 0 Å². The summed E-state index contributed by atoms with van der Waals surface area (Å²) >= 11 is 0. The molecule has 0 spiro atoms. The van der Waals surface area contributed by atoms with Crippen LogP contribution in [0, 0.1) is 5.41 Å². The van der Waals surface area contributed by atoms with Gasteiger partial charge in [0.25, 0.3) is 0 Å². The van der Waals surface area contributed by atoms with Gasteiger partial charge in [0.15, 0.2) is 0 Å². The molecule has 1 heterocycles. The van der Waals surface area contributed by atoms with Gasteiger partial charge in [-0.1, -0.05) is 67.6 Å². The molecule has 2 aromatic rings. The van der Waals surface area contributed by atoms with Gasteiger partial charge in [-0.05, 0) is 42.2 Å². The van der Waals surface area contributed by atoms with Crippen molar-refractivity contribution in [2.24, 2.45) is 0 Å². The van der Waals surface area contributed by atoms with E-state index >= 15 is 0 Å². The zero-order valence-corrected chi connectivity index (χ0v) is 16.9. The fourth-order valence-electron chi connectivity index (χ4n) is 4.48. The first-order chi connectivity index (χ1) is 13.5. The van der Waals surface area contributed by atoms with Crippen molar-refractivity contribution in [3.05, 3.63) is 71.8 Å². The monoisotopic (exact) mass is 377 g/mol. The number of hydrogen-bond acceptors (Lipinski definition) is 2. The van der Waals surface area contributed by atoms with Crippen molar-refractivity contribution < 1.29 is 4.79 Å². The molecule has 2 fully saturated rings. The Morgan fingerprint density at radius 2 is 1.71 bits per heavy atom. The van der Waals surface area contributed by atoms with Gasteiger partial charge in [-0.25, -0.2) is 0 Å². The first-order valence-corrected chi connectivity index (χ1v) is 10.1. The minimum atomic E-state index is 0.238. The zero-order chi connectivity index (χ0) is 20.0. The van der Waals surface area contributed by atoms with Crippen LogP contribution in [0.1, 0.15) is 56.2 Å². The molecule has 148 valence electrons. The molecule has 4 heteroatoms. The van der Waals surface area contributed by atoms with E-state index in [4.69, 9.17) is 5.41 Å². The molecule has 1 aliphatic heterocycles. The molecule has 4 rings (SSSR count). The second-order valence-corrected chi connectivity index (χ2v) is 8.17. The van der Waals surface area contributed by atoms with Crippen LogP contribution < -0.4 is 5.32 Å². The van der Waals surface area contributed by atoms with E-state index in [9.17, 15) is 4.79 Å². The summed E-state index contributed by atoms with van der Waals surface area (Å²) in [6.45, 7) is 2.29. The third-order valence-corrected chi connectivity index (χ3v) is 6.25. The summed E-state index contributed by atoms with van der Waals surface area (Å²) in [5.41, 5.74) is 2.95. The van der Waals surface area contributed by atoms with Crippen molar-refractivity contribution in [1.29, 1.82) is 5.41 Å². The number of nitrogens with one attached hydrogen (secondary N) is 2. The van der Waals surface area contributed by atoms with Crippen molar-refractivity contribution in [3.8, 4) is 0 Å². The molecule has 1 amide bonds. The molecule has 1 aliphatic carbocycles. The van der Waals surface area contributed by atoms with Gasteiger partial charge in [-0.3, -0.25) is 10.2 Å². The number of carbonyl (C=O) groups is 1. The fraction of sp³-hybridized carbons (Fsp3) is 0.417. The summed E-state index contributed by atoms with van der Waals surface area (Å²) in [5, 5.41) is 10.5. The SMILES string of the molecule is CC1(c2ccccc2)CCC(NC=O)C1.CN1C(=N)CCC1c1ccccc1. The molecule has 0 radical (unpaired) electrons. The molecule has 2 aromatic carbocycles. The topological polar surface area (TPSA) is 56.2 Å². The highest BCUT2D eigenvalue weighted by Gasteiger charge is 2.36. The van der Waals surface area contributed by atoms with Gasteiger partial charge in [-0.2, -0.15) is 0 Å². The lowest BCUT2D eigenvalue weighted by atomic mass is 9.81. The molecular weight excluding hydrogens is 346 g/mol. The van der Waals surface area contributed by atoms with E-state index in [0.717, 1.165) is 44.3 Å². The quantitative estimate of drug-likeness (QED) is 0.761. The second kappa shape index (κ2) is 9.05. The highest BCUT2D eigenvalue weighted by molar-refractivity contribution is 5.81. The highest BCUT2D eigenvalue weighted by atomic mass is 16.1. The van der Waals surface area contributed by atoms with Crippen LogP contribution >= 0.6 is 0 Å². The predicted octanol–water partition coefficient (Wildman–Crippen LogP) is 4.67. The van der Waals surface area contributed by atoms with Gasteiger partial charge in [0.1, 0.15) is 0 Å². The van der Waals surface area contributed by atoms with E-state index in [0.29, 0.717) is 12.1 Å². The van der Waals surface area contributed by atoms with Crippen LogP contribution in [0.5, 0.6) is 0 Å². The zero-order valence-electron chi connectivity index (χ0n) is 16.9. The van der Waals surface area contributed by atoms with E-state index in [1.54, 1.807) is 0 Å². The van der Waals surface area contributed by atoms with E-state index in [1.165, 1.54) is 11.1 Å². The van der Waals surface area contributed by atoms with Crippen LogP contribution in [0.2, 0.25) is 0 Å². The van der Waals surface area contributed by atoms with Crippen LogP contribution in [0.3, 0.4) is 0 Å². The number of amidine groups is 1. The Kier molecular flexibility index (Phi) is 6.50. The lowest BCUT2D eigenvalue weighted by Crippen LogP contribution is -2.27. The third-order valence-electron chi connectivity index (χ3n) is 6.25. The minimum Gasteiger partial charge on any atom is -0.357 e. The minimum absolute atomic E-state index is 0.238. The first kappa shape index (κ1) is 20.1. The Labute approximate surface area is 168 Å². The molecule has 1 saturated heterocycles. The van der Waals surface area contributed by atoms with E-state index in [2.05, 4.69) is 65.7 Å². The number of amides is 1. The van der Waals surface area contributed by atoms with E-state index in [-0.39, 0.29) is 5.41 Å². The van der Waals surface area contributed by atoms with E-state index < -0.39 is 0 Å². The lowest BCUT2D eigenvalue weighted by molar-refractivity contribution is -0.110. The van der Waals surface area contributed by atoms with Crippen molar-refractivity contribution in [3.63, 3.8) is 0 Å². The molecule has 28 heavy (non-hydrogen) atoms. The number of benzene rings is 2. The Morgan fingerprint density at radius 3 is 2.29 bits per heavy atom. The van der Waals surface area contributed by atoms with Gasteiger partial charge in [0, 0.05) is 19.5 Å². The van der Waals surface area contributed by atoms with Gasteiger partial charge in [0.05, 0.1) is 11.9 Å². The van der Waals surface area contributed by atoms with Gasteiger partial charge in [0.2, 0.25) is 6.41 Å². The lowest BCUT2D eigenvalue weighted by Gasteiger charge is -2.24. The van der Waals surface area contributed by atoms with Gasteiger partial charge < -0.3 is 10.2 Å². The molecule has 4 nitrogen and oxygen atoms in total. The number of hydrogen-bond donors (Lipinski definition) is 2.